The number of piperidine rings is 1. The van der Waals surface area contributed by atoms with Crippen molar-refractivity contribution < 1.29 is 35.9 Å². The molecular formula is C28H26F6N2O2. The molecular weight excluding hydrogens is 510 g/mol. The van der Waals surface area contributed by atoms with Gasteiger partial charge < -0.3 is 9.53 Å². The van der Waals surface area contributed by atoms with E-state index in [1.54, 1.807) is 24.5 Å². The van der Waals surface area contributed by atoms with Gasteiger partial charge in [0.15, 0.2) is 0 Å². The highest BCUT2D eigenvalue weighted by Gasteiger charge is 2.39. The lowest BCUT2D eigenvalue weighted by Crippen LogP contribution is -2.46. The van der Waals surface area contributed by atoms with E-state index < -0.39 is 41.5 Å². The van der Waals surface area contributed by atoms with Crippen LogP contribution in [0.3, 0.4) is 0 Å². The number of ether oxygens (including phenoxy) is 1. The molecule has 0 spiro atoms. The average Bonchev–Trinajstić information content (AvgIpc) is 2.90. The van der Waals surface area contributed by atoms with Gasteiger partial charge in [-0.3, -0.25) is 9.88 Å². The Balaban J connectivity index is 1.52. The molecule has 10 heteroatoms. The van der Waals surface area contributed by atoms with Gasteiger partial charge in [-0.15, -0.1) is 0 Å². The molecule has 3 aromatic rings. The Labute approximate surface area is 216 Å². The van der Waals surface area contributed by atoms with Crippen LogP contribution in [-0.2, 0) is 33.9 Å². The minimum atomic E-state index is -4.92. The smallest absolute Gasteiger partial charge is 0.376 e. The molecule has 0 N–H and O–H groups in total. The monoisotopic (exact) mass is 536 g/mol. The highest BCUT2D eigenvalue weighted by molar-refractivity contribution is 5.61. The van der Waals surface area contributed by atoms with Crippen molar-refractivity contribution in [2.45, 2.75) is 43.3 Å². The van der Waals surface area contributed by atoms with E-state index >= 15 is 0 Å². The average molecular weight is 537 g/mol. The van der Waals surface area contributed by atoms with Crippen LogP contribution < -0.4 is 0 Å². The van der Waals surface area contributed by atoms with Gasteiger partial charge in [0.25, 0.3) is 0 Å². The molecule has 0 saturated carbocycles. The van der Waals surface area contributed by atoms with Crippen molar-refractivity contribution in [1.29, 1.82) is 0 Å². The fraction of sp³-hybridized carbons (Fsp3) is 0.357. The Kier molecular flexibility index (Phi) is 8.22. The second-order valence-corrected chi connectivity index (χ2v) is 9.45. The van der Waals surface area contributed by atoms with Crippen molar-refractivity contribution in [3.05, 3.63) is 101 Å². The lowest BCUT2D eigenvalue weighted by molar-refractivity contribution is -0.143. The first-order valence-corrected chi connectivity index (χ1v) is 12.0. The Bertz CT molecular complexity index is 1180. The third-order valence-corrected chi connectivity index (χ3v) is 7.01. The summed E-state index contributed by atoms with van der Waals surface area (Å²) in [5, 5.41) is 0. The van der Waals surface area contributed by atoms with E-state index in [4.69, 9.17) is 4.74 Å². The van der Waals surface area contributed by atoms with Crippen molar-refractivity contribution in [1.82, 2.24) is 9.88 Å². The normalized spacial score (nSPS) is 17.2. The fourth-order valence-corrected chi connectivity index (χ4v) is 4.94. The van der Waals surface area contributed by atoms with Gasteiger partial charge >= 0.3 is 12.4 Å². The van der Waals surface area contributed by atoms with Crippen LogP contribution >= 0.6 is 0 Å². The predicted octanol–water partition coefficient (Wildman–Crippen LogP) is 6.61. The molecule has 1 aromatic heterocycles. The number of hydrogen-bond acceptors (Lipinski definition) is 4. The van der Waals surface area contributed by atoms with Gasteiger partial charge in [0.05, 0.1) is 30.4 Å². The zero-order chi connectivity index (χ0) is 27.4. The molecule has 38 heavy (non-hydrogen) atoms. The number of alkyl halides is 6. The van der Waals surface area contributed by atoms with Gasteiger partial charge in [-0.2, -0.15) is 26.3 Å². The number of halogens is 6. The van der Waals surface area contributed by atoms with Crippen LogP contribution in [0.5, 0.6) is 0 Å². The first-order valence-electron chi connectivity index (χ1n) is 12.0. The molecule has 0 radical (unpaired) electrons. The molecule has 4 nitrogen and oxygen atoms in total. The summed E-state index contributed by atoms with van der Waals surface area (Å²) in [7, 11) is 0. The van der Waals surface area contributed by atoms with Crippen molar-refractivity contribution >= 4 is 6.29 Å². The number of rotatable bonds is 8. The second-order valence-electron chi connectivity index (χ2n) is 9.45. The van der Waals surface area contributed by atoms with Crippen molar-refractivity contribution in [2.75, 3.05) is 19.7 Å². The Morgan fingerprint density at radius 3 is 2.00 bits per heavy atom. The number of aldehydes is 1. The quantitative estimate of drug-likeness (QED) is 0.240. The predicted molar refractivity (Wildman–Crippen MR) is 128 cm³/mol. The molecule has 1 aliphatic rings. The van der Waals surface area contributed by atoms with E-state index in [0.717, 1.165) is 17.4 Å². The molecule has 0 amide bonds. The fourth-order valence-electron chi connectivity index (χ4n) is 4.94. The number of carbonyl (C=O) groups excluding carboxylic acids is 1. The number of nitrogens with zero attached hydrogens (tertiary/aromatic N) is 2. The summed E-state index contributed by atoms with van der Waals surface area (Å²) in [5.41, 5.74) is -1.67. The number of carbonyl (C=O) groups is 1. The molecule has 1 unspecified atom stereocenters. The number of hydrogen-bond donors (Lipinski definition) is 0. The summed E-state index contributed by atoms with van der Waals surface area (Å²) in [5.74, 6) is 0. The van der Waals surface area contributed by atoms with E-state index in [-0.39, 0.29) is 18.2 Å². The summed E-state index contributed by atoms with van der Waals surface area (Å²) in [6.45, 7) is 0.792. The van der Waals surface area contributed by atoms with Gasteiger partial charge in [-0.05, 0) is 59.9 Å². The Morgan fingerprint density at radius 2 is 1.47 bits per heavy atom. The third kappa shape index (κ3) is 6.42. The zero-order valence-electron chi connectivity index (χ0n) is 20.3. The van der Waals surface area contributed by atoms with Crippen LogP contribution in [0.2, 0.25) is 0 Å². The summed E-state index contributed by atoms with van der Waals surface area (Å²) < 4.78 is 85.3. The van der Waals surface area contributed by atoms with E-state index in [1.165, 1.54) is 0 Å². The molecule has 0 bridgehead atoms. The van der Waals surface area contributed by atoms with Crippen LogP contribution in [0.15, 0.2) is 73.1 Å². The summed E-state index contributed by atoms with van der Waals surface area (Å²) in [6.07, 6.45) is -4.54. The van der Waals surface area contributed by atoms with Crippen LogP contribution in [0.1, 0.15) is 46.7 Å². The van der Waals surface area contributed by atoms with Crippen LogP contribution in [0.25, 0.3) is 0 Å². The first-order chi connectivity index (χ1) is 18.0. The van der Waals surface area contributed by atoms with E-state index in [0.29, 0.717) is 38.1 Å². The maximum atomic E-state index is 13.2. The maximum absolute atomic E-state index is 13.2. The number of likely N-dealkylation sites (tertiary alicyclic amines) is 1. The lowest BCUT2D eigenvalue weighted by Gasteiger charge is -2.43. The molecule has 0 aliphatic carbocycles. The number of aromatic nitrogens is 1. The van der Waals surface area contributed by atoms with Crippen molar-refractivity contribution in [2.24, 2.45) is 0 Å². The topological polar surface area (TPSA) is 42.4 Å². The molecule has 202 valence electrons. The van der Waals surface area contributed by atoms with Crippen molar-refractivity contribution in [3.8, 4) is 0 Å². The van der Waals surface area contributed by atoms with E-state index in [9.17, 15) is 31.1 Å². The van der Waals surface area contributed by atoms with E-state index in [1.807, 2.05) is 35.2 Å². The van der Waals surface area contributed by atoms with Gasteiger partial charge in [0.1, 0.15) is 6.29 Å². The van der Waals surface area contributed by atoms with Gasteiger partial charge in [-0.25, -0.2) is 0 Å². The Hall–Kier alpha value is -3.24. The first kappa shape index (κ1) is 27.8. The minimum absolute atomic E-state index is 0.101. The van der Waals surface area contributed by atoms with Gasteiger partial charge in [0.2, 0.25) is 0 Å². The highest BCUT2D eigenvalue weighted by atomic mass is 19.4. The molecule has 1 atom stereocenters. The molecule has 4 rings (SSSR count). The summed E-state index contributed by atoms with van der Waals surface area (Å²) in [6, 6.07) is 14.1. The molecule has 1 aliphatic heterocycles. The summed E-state index contributed by atoms with van der Waals surface area (Å²) >= 11 is 0. The molecule has 2 aromatic carbocycles. The number of benzene rings is 2. The largest absolute Gasteiger partial charge is 0.416 e. The lowest BCUT2D eigenvalue weighted by atomic mass is 9.73. The van der Waals surface area contributed by atoms with Gasteiger partial charge in [0, 0.05) is 30.9 Å². The maximum Gasteiger partial charge on any atom is 0.416 e. The molecule has 1 fully saturated rings. The van der Waals surface area contributed by atoms with E-state index in [2.05, 4.69) is 4.98 Å². The zero-order valence-corrected chi connectivity index (χ0v) is 20.3. The van der Waals surface area contributed by atoms with Crippen LogP contribution in [0.4, 0.5) is 26.3 Å². The van der Waals surface area contributed by atoms with Crippen LogP contribution in [0, 0.1) is 0 Å². The highest BCUT2D eigenvalue weighted by Crippen LogP contribution is 2.39. The SMILES string of the molecule is O=CC(c1ccncc1)N1CCC(COCc2cc(C(F)(F)F)cc(C(F)(F)F)c2)(c2ccccc2)CC1. The molecule has 2 heterocycles. The third-order valence-electron chi connectivity index (χ3n) is 7.01. The van der Waals surface area contributed by atoms with Gasteiger partial charge in [-0.1, -0.05) is 30.3 Å². The van der Waals surface area contributed by atoms with Crippen molar-refractivity contribution in [3.63, 3.8) is 0 Å². The summed E-state index contributed by atoms with van der Waals surface area (Å²) in [4.78, 5) is 18.0. The minimum Gasteiger partial charge on any atom is -0.376 e. The standard InChI is InChI=1S/C28H26F6N2O2/c29-27(30,31)23-14-20(15-24(16-23)28(32,33)34)18-38-19-26(22-4-2-1-3-5-22)8-12-36(13-9-26)25(17-37)21-6-10-35-11-7-21/h1-7,10-11,14-17,25H,8-9,12-13,18-19H2. The second kappa shape index (κ2) is 11.2. The van der Waals surface area contributed by atoms with Crippen LogP contribution in [-0.4, -0.2) is 35.9 Å². The molecule has 1 saturated heterocycles. The number of pyridine rings is 1. The Morgan fingerprint density at radius 1 is 0.895 bits per heavy atom.